The molecule has 4 unspecified atom stereocenters. The maximum absolute atomic E-state index is 12.0. The normalized spacial score (nSPS) is 21.8. The van der Waals surface area contributed by atoms with Crippen molar-refractivity contribution in [3.05, 3.63) is 42.5 Å². The first kappa shape index (κ1) is 37.7. The Hall–Kier alpha value is -3.07. The van der Waals surface area contributed by atoms with Crippen molar-refractivity contribution in [2.24, 2.45) is 20.5 Å². The van der Waals surface area contributed by atoms with E-state index in [2.05, 4.69) is 20.5 Å². The summed E-state index contributed by atoms with van der Waals surface area (Å²) in [6, 6.07) is 6.16. The number of nitrogens with two attached hydrogens (primary N) is 1. The molecule has 0 heterocycles. The number of azo groups is 2. The number of hydrogen-bond acceptors (Lipinski definition) is 18. The number of ether oxygens (including phenoxy) is 2. The van der Waals surface area contributed by atoms with Crippen LogP contribution in [0.4, 0.5) is 17.1 Å². The molecule has 1 saturated carbocycles. The fourth-order valence-electron chi connectivity index (χ4n) is 5.00. The largest absolute Gasteiger partial charge is 0.505 e. The lowest BCUT2D eigenvalue weighted by atomic mass is 9.86. The molecule has 4 rings (SSSR count). The van der Waals surface area contributed by atoms with Gasteiger partial charge in [0, 0.05) is 23.9 Å². The summed E-state index contributed by atoms with van der Waals surface area (Å²) in [5, 5.41) is 46.7. The SMILES string of the molecule is Nc1ccc2cc(S(O)(O)O)c(N=NC3CC(OCCO)C(N=Nc4cc(S(O)(O)O)ccc4S(=O)(=O)O)CC3OCCO)c(O)c2c1. The third kappa shape index (κ3) is 9.13. The van der Waals surface area contributed by atoms with Crippen LogP contribution in [-0.2, 0) is 19.6 Å². The van der Waals surface area contributed by atoms with E-state index in [1.807, 2.05) is 0 Å². The van der Waals surface area contributed by atoms with Crippen LogP contribution in [0.5, 0.6) is 5.75 Å². The average Bonchev–Trinajstić information content (AvgIpc) is 3.00. The number of rotatable bonds is 13. The Morgan fingerprint density at radius 1 is 0.750 bits per heavy atom. The van der Waals surface area contributed by atoms with E-state index in [0.717, 1.165) is 18.2 Å². The smallest absolute Gasteiger partial charge is 0.296 e. The summed E-state index contributed by atoms with van der Waals surface area (Å²) < 4.78 is 104. The fraction of sp³-hybridized carbons (Fsp3) is 0.385. The molecule has 22 heteroatoms. The number of fused-ring (bicyclic) bond motifs is 1. The average molecular weight is 738 g/mol. The lowest BCUT2D eigenvalue weighted by molar-refractivity contribution is -0.0644. The van der Waals surface area contributed by atoms with E-state index < -0.39 is 101 Å². The predicted molar refractivity (Wildman–Crippen MR) is 173 cm³/mol. The number of aliphatic hydroxyl groups is 2. The van der Waals surface area contributed by atoms with Gasteiger partial charge < -0.3 is 57.8 Å². The van der Waals surface area contributed by atoms with Crippen LogP contribution in [-0.4, -0.2) is 106 Å². The van der Waals surface area contributed by atoms with Crippen molar-refractivity contribution in [2.45, 2.75) is 51.8 Å². The molecule has 4 atom stereocenters. The van der Waals surface area contributed by atoms with Crippen LogP contribution in [0, 0.1) is 0 Å². The minimum absolute atomic E-state index is 0.0718. The Labute approximate surface area is 276 Å². The maximum Gasteiger partial charge on any atom is 0.296 e. The van der Waals surface area contributed by atoms with Gasteiger partial charge in [-0.2, -0.15) is 28.9 Å². The molecule has 1 aliphatic carbocycles. The summed E-state index contributed by atoms with van der Waals surface area (Å²) in [6.07, 6.45) is -1.98. The van der Waals surface area contributed by atoms with Gasteiger partial charge in [0.25, 0.3) is 10.1 Å². The Balaban J connectivity index is 1.74. The second-order valence-electron chi connectivity index (χ2n) is 10.5. The third-order valence-electron chi connectivity index (χ3n) is 7.17. The molecular weight excluding hydrogens is 703 g/mol. The first-order chi connectivity index (χ1) is 22.4. The van der Waals surface area contributed by atoms with Gasteiger partial charge in [0.05, 0.1) is 60.5 Å². The molecule has 0 radical (unpaired) electrons. The molecule has 1 aliphatic rings. The Kier molecular flexibility index (Phi) is 12.0. The quantitative estimate of drug-likeness (QED) is 0.0643. The molecule has 0 saturated heterocycles. The van der Waals surface area contributed by atoms with Crippen molar-refractivity contribution >= 4 is 59.7 Å². The molecule has 1 fully saturated rings. The minimum Gasteiger partial charge on any atom is -0.505 e. The summed E-state index contributed by atoms with van der Waals surface area (Å²) in [5.41, 5.74) is 5.09. The number of nitrogen functional groups attached to an aromatic ring is 1. The van der Waals surface area contributed by atoms with Crippen molar-refractivity contribution in [1.82, 2.24) is 0 Å². The van der Waals surface area contributed by atoms with E-state index in [-0.39, 0.29) is 37.1 Å². The molecule has 48 heavy (non-hydrogen) atoms. The number of anilines is 1. The van der Waals surface area contributed by atoms with Crippen LogP contribution in [0.1, 0.15) is 12.8 Å². The Bertz CT molecular complexity index is 1780. The predicted octanol–water partition coefficient (Wildman–Crippen LogP) is 4.69. The van der Waals surface area contributed by atoms with Gasteiger partial charge in [0.1, 0.15) is 38.0 Å². The van der Waals surface area contributed by atoms with Gasteiger partial charge in [-0.15, -0.1) is 0 Å². The van der Waals surface area contributed by atoms with Crippen LogP contribution in [0.15, 0.2) is 77.6 Å². The lowest BCUT2D eigenvalue weighted by Gasteiger charge is -2.36. The fourth-order valence-corrected chi connectivity index (χ4v) is 6.81. The maximum atomic E-state index is 12.0. The van der Waals surface area contributed by atoms with Crippen LogP contribution in [0.3, 0.4) is 0 Å². The molecule has 266 valence electrons. The van der Waals surface area contributed by atoms with E-state index in [4.69, 9.17) is 15.2 Å². The van der Waals surface area contributed by atoms with Crippen LogP contribution in [0.2, 0.25) is 0 Å². The summed E-state index contributed by atoms with van der Waals surface area (Å²) in [5.74, 6) is -0.563. The number of nitrogens with zero attached hydrogens (tertiary/aromatic N) is 4. The molecule has 0 aliphatic heterocycles. The van der Waals surface area contributed by atoms with E-state index in [9.17, 15) is 55.6 Å². The van der Waals surface area contributed by atoms with Gasteiger partial charge in [-0.1, -0.05) is 6.07 Å². The van der Waals surface area contributed by atoms with E-state index >= 15 is 0 Å². The number of aliphatic hydroxyl groups excluding tert-OH is 2. The van der Waals surface area contributed by atoms with Gasteiger partial charge in [0.2, 0.25) is 0 Å². The highest BCUT2D eigenvalue weighted by Crippen LogP contribution is 2.54. The van der Waals surface area contributed by atoms with Crippen LogP contribution < -0.4 is 5.73 Å². The molecule has 19 nitrogen and oxygen atoms in total. The van der Waals surface area contributed by atoms with Crippen molar-refractivity contribution in [2.75, 3.05) is 32.2 Å². The number of phenolic OH excluding ortho intramolecular Hbond substituents is 1. The summed E-state index contributed by atoms with van der Waals surface area (Å²) >= 11 is 0. The summed E-state index contributed by atoms with van der Waals surface area (Å²) in [6.45, 7) is -1.19. The van der Waals surface area contributed by atoms with E-state index in [0.29, 0.717) is 5.39 Å². The zero-order chi connectivity index (χ0) is 35.4. The standard InChI is InChI=1S/C26H35N5O14S3/c27-15-2-1-14-9-24(48(41,42)43)25(26(34)17(14)10-15)31-29-19-13-21(44-7-5-32)18(12-22(19)45-8-6-33)28-30-20-11-16(46(35,36)37)3-4-23(20)47(38,39)40/h1-4,9-11,18-19,21-22,32-37,41-43H,5-8,12-13,27H2,(H,38,39,40). The summed E-state index contributed by atoms with van der Waals surface area (Å²) in [4.78, 5) is -1.80. The Morgan fingerprint density at radius 2 is 1.33 bits per heavy atom. The van der Waals surface area contributed by atoms with Crippen LogP contribution in [0.25, 0.3) is 10.8 Å². The number of benzene rings is 3. The Morgan fingerprint density at radius 3 is 1.85 bits per heavy atom. The van der Waals surface area contributed by atoms with Crippen molar-refractivity contribution in [1.29, 1.82) is 0 Å². The molecular formula is C26H35N5O14S3. The molecule has 0 spiro atoms. The van der Waals surface area contributed by atoms with Gasteiger partial charge in [0.15, 0.2) is 5.75 Å². The second kappa shape index (κ2) is 15.2. The highest BCUT2D eigenvalue weighted by molar-refractivity contribution is 8.19. The van der Waals surface area contributed by atoms with Crippen molar-refractivity contribution in [3.63, 3.8) is 0 Å². The monoisotopic (exact) mass is 737 g/mol. The molecule has 0 bridgehead atoms. The number of aromatic hydroxyl groups is 1. The van der Waals surface area contributed by atoms with Gasteiger partial charge in [-0.3, -0.25) is 4.55 Å². The van der Waals surface area contributed by atoms with Crippen molar-refractivity contribution in [3.8, 4) is 5.75 Å². The van der Waals surface area contributed by atoms with Crippen LogP contribution >= 0.6 is 21.7 Å². The third-order valence-corrected chi connectivity index (χ3v) is 9.86. The minimum atomic E-state index is -4.89. The van der Waals surface area contributed by atoms with E-state index in [1.54, 1.807) is 0 Å². The summed E-state index contributed by atoms with van der Waals surface area (Å²) in [7, 11) is -13.6. The molecule has 12 N–H and O–H groups in total. The lowest BCUT2D eigenvalue weighted by Crippen LogP contribution is -2.46. The zero-order valence-corrected chi connectivity index (χ0v) is 27.2. The van der Waals surface area contributed by atoms with Crippen molar-refractivity contribution < 1.29 is 65.1 Å². The number of phenols is 1. The second-order valence-corrected chi connectivity index (χ2v) is 14.9. The molecule has 0 amide bonds. The number of hydrogen-bond donors (Lipinski definition) is 11. The molecule has 0 aromatic heterocycles. The topological polar surface area (TPSA) is 330 Å². The first-order valence-corrected chi connectivity index (χ1v) is 18.3. The van der Waals surface area contributed by atoms with Gasteiger partial charge >= 0.3 is 0 Å². The first-order valence-electron chi connectivity index (χ1n) is 13.9. The van der Waals surface area contributed by atoms with E-state index in [1.165, 1.54) is 24.3 Å². The highest BCUT2D eigenvalue weighted by Gasteiger charge is 2.40. The van der Waals surface area contributed by atoms with Gasteiger partial charge in [-0.25, -0.2) is 0 Å². The highest BCUT2D eigenvalue weighted by atomic mass is 32.3. The molecule has 3 aromatic carbocycles. The molecule has 3 aromatic rings. The van der Waals surface area contributed by atoms with Gasteiger partial charge in [-0.05, 0) is 41.8 Å². The zero-order valence-electron chi connectivity index (χ0n) is 24.8.